The molecule has 1 amide bonds. The number of carbonyl (C=O) groups is 1. The van der Waals surface area contributed by atoms with Gasteiger partial charge in [0.05, 0.1) is 22.1 Å². The van der Waals surface area contributed by atoms with Crippen LogP contribution in [0.5, 0.6) is 5.75 Å². The summed E-state index contributed by atoms with van der Waals surface area (Å²) in [6.07, 6.45) is 0. The van der Waals surface area contributed by atoms with Crippen molar-refractivity contribution in [3.8, 4) is 5.75 Å². The van der Waals surface area contributed by atoms with Gasteiger partial charge in [-0.25, -0.2) is 14.3 Å². The number of hydrogen-bond acceptors (Lipinski definition) is 7. The van der Waals surface area contributed by atoms with Crippen LogP contribution in [-0.4, -0.2) is 32.4 Å². The number of anilines is 1. The lowest BCUT2D eigenvalue weighted by molar-refractivity contribution is -0.385. The number of carbonyl (C=O) groups excluding carboxylic acids is 1. The molecular weight excluding hydrogens is 376 g/mol. The smallest absolute Gasteiger partial charge is 0.270 e. The van der Waals surface area contributed by atoms with Crippen LogP contribution in [0.15, 0.2) is 53.4 Å². The fourth-order valence-electron chi connectivity index (χ4n) is 2.25. The van der Waals surface area contributed by atoms with Gasteiger partial charge in [0, 0.05) is 12.1 Å². The van der Waals surface area contributed by atoms with Gasteiger partial charge in [0.1, 0.15) is 12.3 Å². The summed E-state index contributed by atoms with van der Waals surface area (Å²) in [7, 11) is -4.27. The Morgan fingerprint density at radius 3 is 2.48 bits per heavy atom. The van der Waals surface area contributed by atoms with Crippen molar-refractivity contribution in [2.24, 2.45) is 5.84 Å². The predicted molar refractivity (Wildman–Crippen MR) is 97.6 cm³/mol. The number of sulfonamides is 1. The average Bonchev–Trinajstić information content (AvgIpc) is 2.67. The lowest BCUT2D eigenvalue weighted by Crippen LogP contribution is -2.43. The maximum Gasteiger partial charge on any atom is 0.270 e. The van der Waals surface area contributed by atoms with Gasteiger partial charge >= 0.3 is 0 Å². The maximum atomic E-state index is 13.0. The molecule has 0 saturated carbocycles. The molecule has 0 atom stereocenters. The van der Waals surface area contributed by atoms with E-state index < -0.39 is 27.4 Å². The second-order valence-corrected chi connectivity index (χ2v) is 7.12. The highest BCUT2D eigenvalue weighted by molar-refractivity contribution is 7.92. The van der Waals surface area contributed by atoms with E-state index in [4.69, 9.17) is 10.6 Å². The number of nitrogens with two attached hydrogens (primary N) is 1. The highest BCUT2D eigenvalue weighted by Gasteiger charge is 2.28. The number of nitrogens with one attached hydrogen (secondary N) is 1. The quantitative estimate of drug-likeness (QED) is 0.296. The Bertz CT molecular complexity index is 930. The molecule has 2 aromatic rings. The van der Waals surface area contributed by atoms with E-state index in [0.717, 1.165) is 10.4 Å². The normalized spacial score (nSPS) is 10.9. The number of rotatable bonds is 8. The molecular formula is C16H18N4O6S. The molecule has 11 heteroatoms. The summed E-state index contributed by atoms with van der Waals surface area (Å²) in [6.45, 7) is 1.64. The molecule has 0 unspecified atom stereocenters. The van der Waals surface area contributed by atoms with Gasteiger partial charge in [-0.3, -0.25) is 24.6 Å². The van der Waals surface area contributed by atoms with Crippen LogP contribution in [0.3, 0.4) is 0 Å². The van der Waals surface area contributed by atoms with Crippen molar-refractivity contribution in [3.63, 3.8) is 0 Å². The number of hydrazine groups is 1. The maximum absolute atomic E-state index is 13.0. The predicted octanol–water partition coefficient (Wildman–Crippen LogP) is 1.18. The van der Waals surface area contributed by atoms with Crippen molar-refractivity contribution in [2.75, 3.05) is 17.5 Å². The largest absolute Gasteiger partial charge is 0.494 e. The van der Waals surface area contributed by atoms with E-state index in [-0.39, 0.29) is 16.3 Å². The first-order valence-corrected chi connectivity index (χ1v) is 9.23. The molecule has 0 aliphatic rings. The van der Waals surface area contributed by atoms with Crippen molar-refractivity contribution < 1.29 is 22.9 Å². The number of benzene rings is 2. The standard InChI is InChI=1S/C16H18N4O6S/c1-2-26-14-8-6-12(7-9-14)19(11-16(21)18-17)27(24,25)15-5-3-4-13(10-15)20(22)23/h3-10H,2,11,17H2,1H3,(H,18,21). The van der Waals surface area contributed by atoms with E-state index in [9.17, 15) is 23.3 Å². The molecule has 0 aliphatic carbocycles. The number of nitro groups is 1. The van der Waals surface area contributed by atoms with E-state index in [1.807, 2.05) is 5.43 Å². The summed E-state index contributed by atoms with van der Waals surface area (Å²) >= 11 is 0. The van der Waals surface area contributed by atoms with Crippen LogP contribution in [0.25, 0.3) is 0 Å². The molecule has 0 spiro atoms. The lowest BCUT2D eigenvalue weighted by Gasteiger charge is -2.23. The summed E-state index contributed by atoms with van der Waals surface area (Å²) < 4.78 is 32.2. The highest BCUT2D eigenvalue weighted by atomic mass is 32.2. The Balaban J connectivity index is 2.50. The van der Waals surface area contributed by atoms with Crippen LogP contribution >= 0.6 is 0 Å². The Hall–Kier alpha value is -3.18. The van der Waals surface area contributed by atoms with Gasteiger partial charge < -0.3 is 4.74 Å². The van der Waals surface area contributed by atoms with Crippen LogP contribution in [0.4, 0.5) is 11.4 Å². The van der Waals surface area contributed by atoms with Gasteiger partial charge in [0.2, 0.25) is 0 Å². The minimum atomic E-state index is -4.27. The van der Waals surface area contributed by atoms with E-state index in [2.05, 4.69) is 0 Å². The molecule has 2 aromatic carbocycles. The fourth-order valence-corrected chi connectivity index (χ4v) is 3.71. The topological polar surface area (TPSA) is 145 Å². The molecule has 144 valence electrons. The minimum Gasteiger partial charge on any atom is -0.494 e. The second-order valence-electron chi connectivity index (χ2n) is 5.26. The van der Waals surface area contributed by atoms with Crippen molar-refractivity contribution in [2.45, 2.75) is 11.8 Å². The molecule has 0 aromatic heterocycles. The van der Waals surface area contributed by atoms with Gasteiger partial charge in [0.25, 0.3) is 21.6 Å². The van der Waals surface area contributed by atoms with E-state index >= 15 is 0 Å². The first-order valence-electron chi connectivity index (χ1n) is 7.79. The number of non-ortho nitro benzene ring substituents is 1. The Labute approximate surface area is 155 Å². The number of nitrogens with zero attached hydrogens (tertiary/aromatic N) is 2. The third-order valence-corrected chi connectivity index (χ3v) is 5.27. The van der Waals surface area contributed by atoms with Crippen LogP contribution in [0, 0.1) is 10.1 Å². The van der Waals surface area contributed by atoms with E-state index in [1.54, 1.807) is 19.1 Å². The second kappa shape index (κ2) is 8.47. The molecule has 3 N–H and O–H groups in total. The van der Waals surface area contributed by atoms with Gasteiger partial charge in [-0.05, 0) is 37.3 Å². The van der Waals surface area contributed by atoms with Crippen molar-refractivity contribution in [1.29, 1.82) is 0 Å². The third-order valence-electron chi connectivity index (χ3n) is 3.50. The average molecular weight is 394 g/mol. The molecule has 2 rings (SSSR count). The SMILES string of the molecule is CCOc1ccc(N(CC(=O)NN)S(=O)(=O)c2cccc([N+](=O)[O-])c2)cc1. The molecule has 0 saturated heterocycles. The summed E-state index contributed by atoms with van der Waals surface area (Å²) in [4.78, 5) is 21.7. The number of hydrogen-bond donors (Lipinski definition) is 2. The van der Waals surface area contributed by atoms with Crippen molar-refractivity contribution >= 4 is 27.3 Å². The first kappa shape index (κ1) is 20.1. The van der Waals surface area contributed by atoms with Crippen molar-refractivity contribution in [1.82, 2.24) is 5.43 Å². The molecule has 0 bridgehead atoms. The molecule has 0 radical (unpaired) electrons. The number of ether oxygens (including phenoxy) is 1. The lowest BCUT2D eigenvalue weighted by atomic mass is 10.3. The molecule has 0 aliphatic heterocycles. The summed E-state index contributed by atoms with van der Waals surface area (Å²) in [5.74, 6) is 4.85. The fraction of sp³-hybridized carbons (Fsp3) is 0.188. The Morgan fingerprint density at radius 1 is 1.26 bits per heavy atom. The highest BCUT2D eigenvalue weighted by Crippen LogP contribution is 2.27. The number of nitro benzene ring substituents is 1. The molecule has 10 nitrogen and oxygen atoms in total. The third kappa shape index (κ3) is 4.71. The summed E-state index contributed by atoms with van der Waals surface area (Å²) in [6, 6.07) is 10.6. The first-order chi connectivity index (χ1) is 12.8. The van der Waals surface area contributed by atoms with Gasteiger partial charge in [-0.1, -0.05) is 6.07 Å². The Morgan fingerprint density at radius 2 is 1.93 bits per heavy atom. The van der Waals surface area contributed by atoms with E-state index in [1.165, 1.54) is 30.3 Å². The van der Waals surface area contributed by atoms with Gasteiger partial charge in [-0.2, -0.15) is 0 Å². The zero-order chi connectivity index (χ0) is 20.0. The Kier molecular flexibility index (Phi) is 6.32. The van der Waals surface area contributed by atoms with Crippen LogP contribution in [0.1, 0.15) is 6.92 Å². The zero-order valence-electron chi connectivity index (χ0n) is 14.4. The van der Waals surface area contributed by atoms with Crippen molar-refractivity contribution in [3.05, 3.63) is 58.6 Å². The summed E-state index contributed by atoms with van der Waals surface area (Å²) in [5.41, 5.74) is 1.66. The van der Waals surface area contributed by atoms with E-state index in [0.29, 0.717) is 12.4 Å². The minimum absolute atomic E-state index is 0.175. The molecule has 0 fully saturated rings. The zero-order valence-corrected chi connectivity index (χ0v) is 15.2. The number of amides is 1. The monoisotopic (exact) mass is 394 g/mol. The van der Waals surface area contributed by atoms with Gasteiger partial charge in [0.15, 0.2) is 0 Å². The molecule has 0 heterocycles. The van der Waals surface area contributed by atoms with Crippen LogP contribution in [-0.2, 0) is 14.8 Å². The van der Waals surface area contributed by atoms with Crippen LogP contribution in [0.2, 0.25) is 0 Å². The van der Waals surface area contributed by atoms with Gasteiger partial charge in [-0.15, -0.1) is 0 Å². The molecule has 27 heavy (non-hydrogen) atoms. The van der Waals surface area contributed by atoms with Crippen LogP contribution < -0.4 is 20.3 Å². The summed E-state index contributed by atoms with van der Waals surface area (Å²) in [5, 5.41) is 10.9.